The van der Waals surface area contributed by atoms with Crippen molar-refractivity contribution in [2.45, 2.75) is 44.4 Å². The van der Waals surface area contributed by atoms with E-state index >= 15 is 0 Å². The van der Waals surface area contributed by atoms with Gasteiger partial charge >= 0.3 is 0 Å². The van der Waals surface area contributed by atoms with E-state index in [1.54, 1.807) is 23.1 Å². The summed E-state index contributed by atoms with van der Waals surface area (Å²) in [5, 5.41) is 16.5. The van der Waals surface area contributed by atoms with Gasteiger partial charge in [-0.25, -0.2) is 0 Å². The van der Waals surface area contributed by atoms with Gasteiger partial charge in [-0.05, 0) is 19.8 Å². The Morgan fingerprint density at radius 2 is 2.12 bits per heavy atom. The number of hydrogen-bond acceptors (Lipinski definition) is 5. The minimum absolute atomic E-state index is 0.163. The van der Waals surface area contributed by atoms with Crippen LogP contribution in [-0.2, 0) is 0 Å². The van der Waals surface area contributed by atoms with Gasteiger partial charge in [-0.3, -0.25) is 5.41 Å². The van der Waals surface area contributed by atoms with E-state index in [2.05, 4.69) is 10.2 Å². The Morgan fingerprint density at radius 3 is 2.65 bits per heavy atom. The summed E-state index contributed by atoms with van der Waals surface area (Å²) in [7, 11) is 0. The van der Waals surface area contributed by atoms with Crippen molar-refractivity contribution in [3.05, 3.63) is 5.01 Å². The van der Waals surface area contributed by atoms with Crippen molar-refractivity contribution >= 4 is 28.9 Å². The lowest BCUT2D eigenvalue weighted by molar-refractivity contribution is 0.448. The van der Waals surface area contributed by atoms with Crippen molar-refractivity contribution in [2.75, 3.05) is 5.75 Å². The van der Waals surface area contributed by atoms with Crippen molar-refractivity contribution < 1.29 is 0 Å². The lowest BCUT2D eigenvalue weighted by Gasteiger charge is -2.22. The molecule has 0 aliphatic carbocycles. The molecule has 0 spiro atoms. The lowest BCUT2D eigenvalue weighted by atomic mass is 9.86. The Morgan fingerprint density at radius 1 is 1.41 bits per heavy atom. The van der Waals surface area contributed by atoms with E-state index in [9.17, 15) is 0 Å². The van der Waals surface area contributed by atoms with Crippen LogP contribution in [0.1, 0.15) is 38.1 Å². The fourth-order valence-electron chi connectivity index (χ4n) is 1.30. The summed E-state index contributed by atoms with van der Waals surface area (Å²) in [6, 6.07) is 0. The van der Waals surface area contributed by atoms with Crippen LogP contribution in [0.25, 0.3) is 0 Å². The number of hydrogen-bond donors (Lipinski definition) is 2. The molecule has 0 amide bonds. The fourth-order valence-corrected chi connectivity index (χ4v) is 3.19. The first-order valence-electron chi connectivity index (χ1n) is 5.69. The van der Waals surface area contributed by atoms with Gasteiger partial charge in [0.1, 0.15) is 5.01 Å². The van der Waals surface area contributed by atoms with Crippen LogP contribution in [0.15, 0.2) is 4.34 Å². The molecule has 0 bridgehead atoms. The minimum Gasteiger partial charge on any atom is -0.387 e. The van der Waals surface area contributed by atoms with Crippen LogP contribution in [0.2, 0.25) is 0 Å². The quantitative estimate of drug-likeness (QED) is 0.346. The number of nitrogens with two attached hydrogens (primary N) is 1. The Labute approximate surface area is 111 Å². The van der Waals surface area contributed by atoms with Crippen LogP contribution in [0.3, 0.4) is 0 Å². The standard InChI is InChI=1S/C11H20N4S2/c1-8-14-15-10(17-8)16-7-5-4-6-11(2,3)9(12)13/h4-7H2,1-3H3,(H3,12,13). The summed E-state index contributed by atoms with van der Waals surface area (Å²) >= 11 is 3.40. The van der Waals surface area contributed by atoms with Crippen molar-refractivity contribution in [1.29, 1.82) is 5.41 Å². The number of unbranched alkanes of at least 4 members (excludes halogenated alkanes) is 1. The van der Waals surface area contributed by atoms with E-state index < -0.39 is 0 Å². The molecule has 6 heteroatoms. The lowest BCUT2D eigenvalue weighted by Crippen LogP contribution is -2.30. The maximum atomic E-state index is 7.47. The molecule has 0 fully saturated rings. The predicted octanol–water partition coefficient (Wildman–Crippen LogP) is 3.07. The second-order valence-electron chi connectivity index (χ2n) is 4.69. The van der Waals surface area contributed by atoms with Gasteiger partial charge in [0, 0.05) is 11.2 Å². The highest BCUT2D eigenvalue weighted by atomic mass is 32.2. The van der Waals surface area contributed by atoms with Crippen LogP contribution >= 0.6 is 23.1 Å². The molecule has 1 aromatic heterocycles. The van der Waals surface area contributed by atoms with Gasteiger partial charge in [-0.15, -0.1) is 10.2 Å². The highest BCUT2D eigenvalue weighted by Gasteiger charge is 2.20. The molecule has 96 valence electrons. The van der Waals surface area contributed by atoms with Crippen LogP contribution in [-0.4, -0.2) is 21.8 Å². The number of nitrogens with zero attached hydrogens (tertiary/aromatic N) is 2. The van der Waals surface area contributed by atoms with E-state index in [4.69, 9.17) is 11.1 Å². The summed E-state index contributed by atoms with van der Waals surface area (Å²) < 4.78 is 1.05. The third-order valence-corrected chi connectivity index (χ3v) is 4.72. The van der Waals surface area contributed by atoms with Crippen molar-refractivity contribution in [3.8, 4) is 0 Å². The molecule has 0 aromatic carbocycles. The second-order valence-corrected chi connectivity index (χ2v) is 7.21. The Kier molecular flexibility index (Phi) is 5.39. The zero-order valence-corrected chi connectivity index (χ0v) is 12.2. The molecular formula is C11H20N4S2. The zero-order chi connectivity index (χ0) is 12.9. The molecular weight excluding hydrogens is 252 g/mol. The molecule has 0 unspecified atom stereocenters. The van der Waals surface area contributed by atoms with Gasteiger partial charge < -0.3 is 5.73 Å². The van der Waals surface area contributed by atoms with Crippen LogP contribution in [0, 0.1) is 17.7 Å². The molecule has 0 saturated carbocycles. The molecule has 0 atom stereocenters. The second kappa shape index (κ2) is 6.35. The van der Waals surface area contributed by atoms with Crippen molar-refractivity contribution in [2.24, 2.45) is 11.1 Å². The van der Waals surface area contributed by atoms with Crippen LogP contribution in [0.5, 0.6) is 0 Å². The van der Waals surface area contributed by atoms with E-state index in [-0.39, 0.29) is 11.3 Å². The minimum atomic E-state index is -0.163. The molecule has 0 aliphatic heterocycles. The van der Waals surface area contributed by atoms with Crippen molar-refractivity contribution in [3.63, 3.8) is 0 Å². The number of rotatable bonds is 7. The highest BCUT2D eigenvalue weighted by Crippen LogP contribution is 2.26. The maximum Gasteiger partial charge on any atom is 0.174 e. The van der Waals surface area contributed by atoms with Gasteiger partial charge in [0.25, 0.3) is 0 Å². The summed E-state index contributed by atoms with van der Waals surface area (Å²) in [6.45, 7) is 6.02. The van der Waals surface area contributed by atoms with Crippen molar-refractivity contribution in [1.82, 2.24) is 10.2 Å². The van der Waals surface area contributed by atoms with Gasteiger partial charge in [-0.1, -0.05) is 43.4 Å². The maximum absolute atomic E-state index is 7.47. The average molecular weight is 272 g/mol. The van der Waals surface area contributed by atoms with Crippen LogP contribution in [0.4, 0.5) is 0 Å². The summed E-state index contributed by atoms with van der Waals surface area (Å²) in [5.41, 5.74) is 5.38. The molecule has 0 aliphatic rings. The van der Waals surface area contributed by atoms with Gasteiger partial charge in [0.15, 0.2) is 4.34 Å². The summed E-state index contributed by atoms with van der Waals surface area (Å²) in [5.74, 6) is 1.34. The first-order chi connectivity index (χ1) is 7.92. The third kappa shape index (κ3) is 5.04. The van der Waals surface area contributed by atoms with Gasteiger partial charge in [0.2, 0.25) is 0 Å². The van der Waals surface area contributed by atoms with E-state index in [0.29, 0.717) is 0 Å². The molecule has 1 rings (SSSR count). The number of amidine groups is 1. The van der Waals surface area contributed by atoms with Gasteiger partial charge in [0.05, 0.1) is 5.84 Å². The first-order valence-corrected chi connectivity index (χ1v) is 7.49. The zero-order valence-electron chi connectivity index (χ0n) is 10.6. The Hall–Kier alpha value is -0.620. The monoisotopic (exact) mass is 272 g/mol. The molecule has 0 saturated heterocycles. The molecule has 1 aromatic rings. The topological polar surface area (TPSA) is 75.7 Å². The number of aryl methyl sites for hydroxylation is 1. The molecule has 4 nitrogen and oxygen atoms in total. The fraction of sp³-hybridized carbons (Fsp3) is 0.727. The van der Waals surface area contributed by atoms with E-state index in [1.165, 1.54) is 0 Å². The number of thioether (sulfide) groups is 1. The number of nitrogens with one attached hydrogen (secondary N) is 1. The number of aromatic nitrogens is 2. The third-order valence-electron chi connectivity index (χ3n) is 2.66. The molecule has 17 heavy (non-hydrogen) atoms. The highest BCUT2D eigenvalue weighted by molar-refractivity contribution is 8.01. The Bertz CT molecular complexity index is 373. The molecule has 1 heterocycles. The Balaban J connectivity index is 2.15. The predicted molar refractivity (Wildman–Crippen MR) is 74.9 cm³/mol. The van der Waals surface area contributed by atoms with E-state index in [1.807, 2.05) is 20.8 Å². The molecule has 3 N–H and O–H groups in total. The smallest absolute Gasteiger partial charge is 0.174 e. The van der Waals surface area contributed by atoms with Gasteiger partial charge in [-0.2, -0.15) is 0 Å². The SMILES string of the molecule is Cc1nnc(SCCCCC(C)(C)C(=N)N)s1. The summed E-state index contributed by atoms with van der Waals surface area (Å²) in [6.07, 6.45) is 3.19. The van der Waals surface area contributed by atoms with Crippen LogP contribution < -0.4 is 5.73 Å². The average Bonchev–Trinajstić information content (AvgIpc) is 2.63. The first kappa shape index (κ1) is 14.4. The normalized spacial score (nSPS) is 11.7. The summed E-state index contributed by atoms with van der Waals surface area (Å²) in [4.78, 5) is 0. The molecule has 0 radical (unpaired) electrons. The van der Waals surface area contributed by atoms with E-state index in [0.717, 1.165) is 34.4 Å². The largest absolute Gasteiger partial charge is 0.387 e.